The smallest absolute Gasteiger partial charge is 0.431 e. The lowest BCUT2D eigenvalue weighted by molar-refractivity contribution is -0.140. The first kappa shape index (κ1) is 45.0. The molecule has 0 aliphatic heterocycles. The van der Waals surface area contributed by atoms with Gasteiger partial charge in [0.15, 0.2) is 0 Å². The number of carboxylic acids is 1. The summed E-state index contributed by atoms with van der Waals surface area (Å²) in [7, 11) is 0. The number of hydrogen-bond acceptors (Lipinski definition) is 13. The van der Waals surface area contributed by atoms with E-state index in [0.29, 0.717) is 5.56 Å². The number of ether oxygens (including phenoxy) is 2. The van der Waals surface area contributed by atoms with Gasteiger partial charge < -0.3 is 56.9 Å². The van der Waals surface area contributed by atoms with Crippen LogP contribution in [0.4, 0.5) is 9.59 Å². The predicted octanol–water partition coefficient (Wildman–Crippen LogP) is -3.34. The van der Waals surface area contributed by atoms with Gasteiger partial charge in [-0.05, 0) is 32.8 Å². The van der Waals surface area contributed by atoms with Gasteiger partial charge in [-0.15, -0.1) is 0 Å². The Bertz CT molecular complexity index is 1420. The number of aliphatic carboxylic acids is 1. The molecule has 2 atom stereocenters. The molecular formula is C31H46N8O14. The van der Waals surface area contributed by atoms with E-state index in [4.69, 9.17) is 14.3 Å². The number of carboxylic acid groups (broad SMARTS) is 1. The van der Waals surface area contributed by atoms with Crippen LogP contribution in [-0.4, -0.2) is 127 Å². The molecule has 0 spiro atoms. The molecule has 0 saturated carbocycles. The number of rotatable bonds is 22. The van der Waals surface area contributed by atoms with Gasteiger partial charge in [-0.25, -0.2) is 14.4 Å². The van der Waals surface area contributed by atoms with Crippen LogP contribution < -0.4 is 42.7 Å². The van der Waals surface area contributed by atoms with Crippen molar-refractivity contribution in [2.24, 2.45) is 0 Å². The molecule has 1 aromatic rings. The third kappa shape index (κ3) is 22.4. The summed E-state index contributed by atoms with van der Waals surface area (Å²) in [6.07, 6.45) is -2.67. The molecule has 0 bridgehead atoms. The number of alkyl carbamates (subject to hydrolysis) is 1. The maximum atomic E-state index is 12.4. The van der Waals surface area contributed by atoms with Gasteiger partial charge >= 0.3 is 18.2 Å². The highest BCUT2D eigenvalue weighted by atomic mass is 16.7. The summed E-state index contributed by atoms with van der Waals surface area (Å²) >= 11 is 0. The molecule has 53 heavy (non-hydrogen) atoms. The summed E-state index contributed by atoms with van der Waals surface area (Å²) in [6.45, 7) is 1.74. The minimum absolute atomic E-state index is 0.000615. The number of nitrogens with one attached hydrogen (secondary N) is 8. The van der Waals surface area contributed by atoms with Gasteiger partial charge in [-0.1, -0.05) is 30.3 Å². The van der Waals surface area contributed by atoms with Gasteiger partial charge in [0, 0.05) is 13.0 Å². The number of carbonyl (C=O) groups is 9. The first-order valence-electron chi connectivity index (χ1n) is 16.0. The van der Waals surface area contributed by atoms with Gasteiger partial charge in [0.1, 0.15) is 24.3 Å². The fraction of sp³-hybridized carbons (Fsp3) is 0.516. The average molecular weight is 755 g/mol. The summed E-state index contributed by atoms with van der Waals surface area (Å²) in [4.78, 5) is 112. The molecule has 22 heteroatoms. The fourth-order valence-electron chi connectivity index (χ4n) is 3.63. The van der Waals surface area contributed by atoms with E-state index >= 15 is 0 Å². The lowest BCUT2D eigenvalue weighted by Crippen LogP contribution is -2.51. The van der Waals surface area contributed by atoms with E-state index in [1.165, 1.54) is 0 Å². The van der Waals surface area contributed by atoms with Crippen molar-refractivity contribution < 1.29 is 67.7 Å². The Hall–Kier alpha value is -6.03. The SMILES string of the molecule is CC(C)(C)OC(=O)NOCCNC(=O)CNC(=O)CNC(=O)CNC(=O)CNC(=O)C(CO)NC(=O)CCC(NC(=O)OCc1ccccc1)C(=O)O. The van der Waals surface area contributed by atoms with Crippen molar-refractivity contribution in [3.8, 4) is 0 Å². The Balaban J connectivity index is 2.26. The van der Waals surface area contributed by atoms with Crippen molar-refractivity contribution in [2.45, 2.75) is 57.9 Å². The van der Waals surface area contributed by atoms with Crippen LogP contribution >= 0.6 is 0 Å². The monoisotopic (exact) mass is 754 g/mol. The third-order valence-corrected chi connectivity index (χ3v) is 6.14. The Kier molecular flexibility index (Phi) is 20.5. The van der Waals surface area contributed by atoms with Crippen molar-refractivity contribution in [2.75, 3.05) is 45.9 Å². The van der Waals surface area contributed by atoms with E-state index in [9.17, 15) is 53.4 Å². The van der Waals surface area contributed by atoms with Crippen molar-refractivity contribution >= 4 is 53.6 Å². The van der Waals surface area contributed by atoms with Crippen LogP contribution in [0.2, 0.25) is 0 Å². The van der Waals surface area contributed by atoms with Gasteiger partial charge in [0.25, 0.3) is 0 Å². The molecule has 2 unspecified atom stereocenters. The summed E-state index contributed by atoms with van der Waals surface area (Å²) < 4.78 is 9.93. The highest BCUT2D eigenvalue weighted by Gasteiger charge is 2.25. The highest BCUT2D eigenvalue weighted by Crippen LogP contribution is 2.06. The molecule has 8 amide bonds. The number of hydroxylamine groups is 1. The zero-order chi connectivity index (χ0) is 39.8. The van der Waals surface area contributed by atoms with Crippen LogP contribution in [0, 0.1) is 0 Å². The summed E-state index contributed by atoms with van der Waals surface area (Å²) in [5, 5.41) is 34.4. The van der Waals surface area contributed by atoms with E-state index in [-0.39, 0.29) is 26.2 Å². The van der Waals surface area contributed by atoms with Crippen LogP contribution in [0.15, 0.2) is 30.3 Å². The standard InChI is InChI=1S/C31H46N8O14/c1-31(2,3)53-30(50)39-52-12-11-32-23(42)13-33-24(43)14-34-25(44)15-35-26(45)16-36-27(46)21(17-40)37-22(41)10-9-20(28(47)48)38-29(49)51-18-19-7-5-4-6-8-19/h4-8,20-21,40H,9-18H2,1-3H3,(H,32,42)(H,33,43)(H,34,44)(H,35,45)(H,36,46)(H,37,41)(H,38,49)(H,39,50)(H,47,48). The predicted molar refractivity (Wildman–Crippen MR) is 180 cm³/mol. The van der Waals surface area contributed by atoms with E-state index in [2.05, 4.69) is 37.2 Å². The van der Waals surface area contributed by atoms with E-state index in [0.717, 1.165) is 0 Å². The number of carbonyl (C=O) groups excluding carboxylic acids is 8. The van der Waals surface area contributed by atoms with E-state index in [1.807, 2.05) is 5.48 Å². The van der Waals surface area contributed by atoms with Crippen LogP contribution in [-0.2, 0) is 54.5 Å². The molecule has 0 radical (unpaired) electrons. The largest absolute Gasteiger partial charge is 0.480 e. The molecule has 0 aliphatic carbocycles. The molecule has 22 nitrogen and oxygen atoms in total. The number of amides is 8. The molecule has 0 saturated heterocycles. The molecule has 10 N–H and O–H groups in total. The zero-order valence-electron chi connectivity index (χ0n) is 29.4. The second-order valence-electron chi connectivity index (χ2n) is 11.8. The zero-order valence-corrected chi connectivity index (χ0v) is 29.4. The normalized spacial score (nSPS) is 11.7. The molecule has 0 aliphatic rings. The van der Waals surface area contributed by atoms with Gasteiger partial charge in [-0.2, -0.15) is 5.48 Å². The lowest BCUT2D eigenvalue weighted by Gasteiger charge is -2.19. The summed E-state index contributed by atoms with van der Waals surface area (Å²) in [6, 6.07) is 5.60. The first-order chi connectivity index (χ1) is 25.0. The van der Waals surface area contributed by atoms with Crippen LogP contribution in [0.5, 0.6) is 0 Å². The minimum atomic E-state index is -1.51. The average Bonchev–Trinajstić information content (AvgIpc) is 3.10. The molecule has 0 aromatic heterocycles. The highest BCUT2D eigenvalue weighted by molar-refractivity contribution is 5.93. The minimum Gasteiger partial charge on any atom is -0.480 e. The Morgan fingerprint density at radius 3 is 1.77 bits per heavy atom. The second-order valence-corrected chi connectivity index (χ2v) is 11.8. The maximum Gasteiger partial charge on any atom is 0.431 e. The van der Waals surface area contributed by atoms with Gasteiger partial charge in [-0.3, -0.25) is 33.6 Å². The molecule has 294 valence electrons. The van der Waals surface area contributed by atoms with Crippen LogP contribution in [0.25, 0.3) is 0 Å². The van der Waals surface area contributed by atoms with Crippen molar-refractivity contribution in [3.05, 3.63) is 35.9 Å². The number of aliphatic hydroxyl groups excluding tert-OH is 1. The Morgan fingerprint density at radius 1 is 0.698 bits per heavy atom. The van der Waals surface area contributed by atoms with E-state index < -0.39 is 110 Å². The van der Waals surface area contributed by atoms with Crippen molar-refractivity contribution in [1.82, 2.24) is 42.7 Å². The quantitative estimate of drug-likeness (QED) is 0.0409. The van der Waals surface area contributed by atoms with Gasteiger partial charge in [0.2, 0.25) is 35.4 Å². The topological polar surface area (TPSA) is 318 Å². The molecule has 0 fully saturated rings. The Labute approximate surface area is 303 Å². The molecular weight excluding hydrogens is 708 g/mol. The summed E-state index contributed by atoms with van der Waals surface area (Å²) in [5.41, 5.74) is 1.99. The molecule has 1 aromatic carbocycles. The third-order valence-electron chi connectivity index (χ3n) is 6.14. The number of aliphatic hydroxyl groups is 1. The number of benzene rings is 1. The lowest BCUT2D eigenvalue weighted by atomic mass is 10.1. The van der Waals surface area contributed by atoms with Crippen LogP contribution in [0.3, 0.4) is 0 Å². The number of hydrogen-bond donors (Lipinski definition) is 10. The van der Waals surface area contributed by atoms with Crippen molar-refractivity contribution in [3.63, 3.8) is 0 Å². The van der Waals surface area contributed by atoms with Crippen LogP contribution in [0.1, 0.15) is 39.2 Å². The maximum absolute atomic E-state index is 12.4. The molecule has 0 heterocycles. The van der Waals surface area contributed by atoms with Crippen molar-refractivity contribution in [1.29, 1.82) is 0 Å². The molecule has 1 rings (SSSR count). The van der Waals surface area contributed by atoms with E-state index in [1.54, 1.807) is 51.1 Å². The van der Waals surface area contributed by atoms with Gasteiger partial charge in [0.05, 0.1) is 39.4 Å². The second kappa shape index (κ2) is 24.2. The fourth-order valence-corrected chi connectivity index (χ4v) is 3.63. The summed E-state index contributed by atoms with van der Waals surface area (Å²) in [5.74, 6) is -6.16. The first-order valence-corrected chi connectivity index (χ1v) is 16.0. The Morgan fingerprint density at radius 2 is 1.25 bits per heavy atom.